The average molecular weight is 148 g/mol. The molecular weight excluding hydrogens is 136 g/mol. The number of aliphatic hydroxyl groups excluding tert-OH is 3. The van der Waals surface area contributed by atoms with E-state index in [1.54, 1.807) is 6.92 Å². The second-order valence-electron chi connectivity index (χ2n) is 2.59. The van der Waals surface area contributed by atoms with Gasteiger partial charge in [-0.1, -0.05) is 0 Å². The van der Waals surface area contributed by atoms with Gasteiger partial charge in [-0.25, -0.2) is 0 Å². The third-order valence-corrected chi connectivity index (χ3v) is 1.69. The van der Waals surface area contributed by atoms with Crippen molar-refractivity contribution >= 4 is 0 Å². The molecule has 4 atom stereocenters. The SMILES string of the molecule is C[C@H]1OC(O)C[C@@H](O)[C@@H]1O. The van der Waals surface area contributed by atoms with E-state index in [0.29, 0.717) is 0 Å². The Hall–Kier alpha value is -0.160. The van der Waals surface area contributed by atoms with E-state index in [9.17, 15) is 0 Å². The van der Waals surface area contributed by atoms with Crippen LogP contribution in [0.4, 0.5) is 0 Å². The lowest BCUT2D eigenvalue weighted by atomic mass is 10.0. The van der Waals surface area contributed by atoms with E-state index < -0.39 is 24.6 Å². The Bertz CT molecular complexity index is 104. The minimum atomic E-state index is -0.937. The highest BCUT2D eigenvalue weighted by molar-refractivity contribution is 4.78. The molecule has 4 nitrogen and oxygen atoms in total. The van der Waals surface area contributed by atoms with Gasteiger partial charge in [-0.2, -0.15) is 0 Å². The first-order chi connectivity index (χ1) is 4.61. The third kappa shape index (κ3) is 1.46. The molecule has 1 saturated heterocycles. The fourth-order valence-electron chi connectivity index (χ4n) is 1.04. The maximum atomic E-state index is 9.08. The van der Waals surface area contributed by atoms with Gasteiger partial charge in [0.05, 0.1) is 12.2 Å². The van der Waals surface area contributed by atoms with Crippen LogP contribution in [0.25, 0.3) is 0 Å². The molecule has 0 bridgehead atoms. The second-order valence-corrected chi connectivity index (χ2v) is 2.59. The molecule has 0 aromatic carbocycles. The first-order valence-corrected chi connectivity index (χ1v) is 3.31. The molecule has 1 aliphatic rings. The van der Waals surface area contributed by atoms with E-state index in [0.717, 1.165) is 0 Å². The van der Waals surface area contributed by atoms with Crippen LogP contribution in [0.5, 0.6) is 0 Å². The van der Waals surface area contributed by atoms with Crippen LogP contribution in [0.3, 0.4) is 0 Å². The van der Waals surface area contributed by atoms with Gasteiger partial charge in [-0.3, -0.25) is 0 Å². The first kappa shape index (κ1) is 7.94. The molecular formula is C6H12O4. The molecule has 1 fully saturated rings. The van der Waals surface area contributed by atoms with Crippen LogP contribution in [-0.4, -0.2) is 39.9 Å². The van der Waals surface area contributed by atoms with Crippen LogP contribution < -0.4 is 0 Å². The van der Waals surface area contributed by atoms with Crippen molar-refractivity contribution in [2.24, 2.45) is 0 Å². The second kappa shape index (κ2) is 2.84. The molecule has 4 heteroatoms. The van der Waals surface area contributed by atoms with Gasteiger partial charge in [0, 0.05) is 6.42 Å². The molecule has 1 unspecified atom stereocenters. The van der Waals surface area contributed by atoms with E-state index in [4.69, 9.17) is 20.1 Å². The van der Waals surface area contributed by atoms with Crippen molar-refractivity contribution in [2.75, 3.05) is 0 Å². The summed E-state index contributed by atoms with van der Waals surface area (Å²) in [5.74, 6) is 0. The van der Waals surface area contributed by atoms with Gasteiger partial charge < -0.3 is 20.1 Å². The third-order valence-electron chi connectivity index (χ3n) is 1.69. The van der Waals surface area contributed by atoms with Crippen LogP contribution >= 0.6 is 0 Å². The number of ether oxygens (including phenoxy) is 1. The largest absolute Gasteiger partial charge is 0.390 e. The number of rotatable bonds is 0. The summed E-state index contributed by atoms with van der Waals surface area (Å²) in [4.78, 5) is 0. The van der Waals surface area contributed by atoms with Gasteiger partial charge in [0.25, 0.3) is 0 Å². The van der Waals surface area contributed by atoms with Gasteiger partial charge in [0.2, 0.25) is 0 Å². The topological polar surface area (TPSA) is 69.9 Å². The lowest BCUT2D eigenvalue weighted by molar-refractivity contribution is -0.226. The molecule has 0 aromatic heterocycles. The van der Waals surface area contributed by atoms with Crippen LogP contribution in [0.2, 0.25) is 0 Å². The minimum Gasteiger partial charge on any atom is -0.390 e. The summed E-state index contributed by atoms with van der Waals surface area (Å²) in [6.07, 6.45) is -3.07. The summed E-state index contributed by atoms with van der Waals surface area (Å²) in [6.45, 7) is 1.61. The zero-order valence-electron chi connectivity index (χ0n) is 5.77. The summed E-state index contributed by atoms with van der Waals surface area (Å²) in [5, 5.41) is 27.0. The Balaban J connectivity index is 2.49. The van der Waals surface area contributed by atoms with Gasteiger partial charge in [-0.15, -0.1) is 0 Å². The Morgan fingerprint density at radius 3 is 2.40 bits per heavy atom. The van der Waals surface area contributed by atoms with Crippen molar-refractivity contribution < 1.29 is 20.1 Å². The average Bonchev–Trinajstić information content (AvgIpc) is 1.82. The van der Waals surface area contributed by atoms with Crippen molar-refractivity contribution in [3.8, 4) is 0 Å². The van der Waals surface area contributed by atoms with E-state index in [2.05, 4.69) is 0 Å². The first-order valence-electron chi connectivity index (χ1n) is 3.31. The van der Waals surface area contributed by atoms with Crippen LogP contribution in [0.1, 0.15) is 13.3 Å². The predicted molar refractivity (Wildman–Crippen MR) is 33.2 cm³/mol. The summed E-state index contributed by atoms with van der Waals surface area (Å²) in [5.41, 5.74) is 0. The standard InChI is InChI=1S/C6H12O4/c1-3-6(9)4(7)2-5(8)10-3/h3-9H,2H2,1H3/t3-,4-,5?,6-/m1/s1. The van der Waals surface area contributed by atoms with Crippen molar-refractivity contribution in [1.82, 2.24) is 0 Å². The van der Waals surface area contributed by atoms with Crippen molar-refractivity contribution in [3.05, 3.63) is 0 Å². The van der Waals surface area contributed by atoms with Gasteiger partial charge in [0.15, 0.2) is 6.29 Å². The Kier molecular flexibility index (Phi) is 2.25. The molecule has 1 heterocycles. The quantitative estimate of drug-likeness (QED) is 0.405. The van der Waals surface area contributed by atoms with Gasteiger partial charge >= 0.3 is 0 Å². The van der Waals surface area contributed by atoms with E-state index in [1.807, 2.05) is 0 Å². The number of hydrogen-bond donors (Lipinski definition) is 3. The number of hydrogen-bond acceptors (Lipinski definition) is 4. The number of aliphatic hydroxyl groups is 3. The maximum Gasteiger partial charge on any atom is 0.157 e. The van der Waals surface area contributed by atoms with Gasteiger partial charge in [0.1, 0.15) is 6.10 Å². The van der Waals surface area contributed by atoms with Gasteiger partial charge in [-0.05, 0) is 6.92 Å². The molecule has 0 saturated carbocycles. The molecule has 0 radical (unpaired) electrons. The lowest BCUT2D eigenvalue weighted by Gasteiger charge is -2.32. The molecule has 0 spiro atoms. The van der Waals surface area contributed by atoms with E-state index in [-0.39, 0.29) is 6.42 Å². The van der Waals surface area contributed by atoms with Crippen LogP contribution in [0, 0.1) is 0 Å². The summed E-state index contributed by atoms with van der Waals surface area (Å²) in [6, 6.07) is 0. The molecule has 0 aromatic rings. The minimum absolute atomic E-state index is 0.0888. The van der Waals surface area contributed by atoms with E-state index in [1.165, 1.54) is 0 Å². The van der Waals surface area contributed by atoms with Crippen LogP contribution in [0.15, 0.2) is 0 Å². The zero-order chi connectivity index (χ0) is 7.72. The van der Waals surface area contributed by atoms with E-state index >= 15 is 0 Å². The fraction of sp³-hybridized carbons (Fsp3) is 1.00. The van der Waals surface area contributed by atoms with Crippen molar-refractivity contribution in [1.29, 1.82) is 0 Å². The summed E-state index contributed by atoms with van der Waals surface area (Å²) >= 11 is 0. The predicted octanol–water partition coefficient (Wildman–Crippen LogP) is -1.16. The Morgan fingerprint density at radius 2 is 1.90 bits per heavy atom. The Morgan fingerprint density at radius 1 is 1.30 bits per heavy atom. The molecule has 0 amide bonds. The molecule has 1 aliphatic heterocycles. The summed E-state index contributed by atoms with van der Waals surface area (Å²) < 4.78 is 4.81. The molecule has 10 heavy (non-hydrogen) atoms. The normalized spacial score (nSPS) is 49.2. The molecule has 60 valence electrons. The molecule has 0 aliphatic carbocycles. The highest BCUT2D eigenvalue weighted by Crippen LogP contribution is 2.17. The monoisotopic (exact) mass is 148 g/mol. The highest BCUT2D eigenvalue weighted by atomic mass is 16.6. The summed E-state index contributed by atoms with van der Waals surface area (Å²) in [7, 11) is 0. The molecule has 1 rings (SSSR count). The smallest absolute Gasteiger partial charge is 0.157 e. The van der Waals surface area contributed by atoms with Crippen molar-refractivity contribution in [3.63, 3.8) is 0 Å². The maximum absolute atomic E-state index is 9.08. The highest BCUT2D eigenvalue weighted by Gasteiger charge is 2.32. The van der Waals surface area contributed by atoms with Crippen molar-refractivity contribution in [2.45, 2.75) is 37.9 Å². The molecule has 3 N–H and O–H groups in total. The Labute approximate surface area is 59.1 Å². The zero-order valence-corrected chi connectivity index (χ0v) is 5.77. The fourth-order valence-corrected chi connectivity index (χ4v) is 1.04. The van der Waals surface area contributed by atoms with Crippen LogP contribution in [-0.2, 0) is 4.74 Å². The lowest BCUT2D eigenvalue weighted by Crippen LogP contribution is -2.46.